The van der Waals surface area contributed by atoms with E-state index >= 15 is 0 Å². The summed E-state index contributed by atoms with van der Waals surface area (Å²) in [5.41, 5.74) is 7.62. The lowest BCUT2D eigenvalue weighted by Gasteiger charge is -2.13. The fraction of sp³-hybridized carbons (Fsp3) is 0.192. The van der Waals surface area contributed by atoms with Gasteiger partial charge in [-0.15, -0.1) is 11.8 Å². The lowest BCUT2D eigenvalue weighted by Crippen LogP contribution is -2.09. The first-order valence-electron chi connectivity index (χ1n) is 10.2. The molecule has 5 heteroatoms. The van der Waals surface area contributed by atoms with Gasteiger partial charge in [0.05, 0.1) is 0 Å². The van der Waals surface area contributed by atoms with E-state index in [4.69, 9.17) is 9.84 Å². The predicted octanol–water partition coefficient (Wildman–Crippen LogP) is 6.54. The maximum Gasteiger partial charge on any atom is 0.341 e. The van der Waals surface area contributed by atoms with Gasteiger partial charge >= 0.3 is 5.97 Å². The summed E-state index contributed by atoms with van der Waals surface area (Å²) < 4.78 is 6.45. The van der Waals surface area contributed by atoms with Crippen LogP contribution in [0.4, 0.5) is 0 Å². The molecule has 3 nitrogen and oxygen atoms in total. The van der Waals surface area contributed by atoms with Crippen molar-refractivity contribution in [1.82, 2.24) is 0 Å². The van der Waals surface area contributed by atoms with Gasteiger partial charge in [0.25, 0.3) is 0 Å². The second kappa shape index (κ2) is 9.75. The molecule has 1 aliphatic carbocycles. The van der Waals surface area contributed by atoms with Crippen molar-refractivity contribution in [2.75, 3.05) is 12.4 Å². The normalized spacial score (nSPS) is 13.9. The van der Waals surface area contributed by atoms with Crippen molar-refractivity contribution in [1.29, 1.82) is 0 Å². The highest BCUT2D eigenvalue weighted by Gasteiger charge is 2.18. The van der Waals surface area contributed by atoms with Gasteiger partial charge in [-0.25, -0.2) is 4.79 Å². The van der Waals surface area contributed by atoms with Crippen molar-refractivity contribution in [2.45, 2.75) is 24.7 Å². The number of rotatable bonds is 6. The van der Waals surface area contributed by atoms with E-state index in [2.05, 4.69) is 64.5 Å². The van der Waals surface area contributed by atoms with Gasteiger partial charge in [0.2, 0.25) is 0 Å². The van der Waals surface area contributed by atoms with Crippen LogP contribution in [0.2, 0.25) is 0 Å². The highest BCUT2D eigenvalue weighted by molar-refractivity contribution is 9.10. The molecule has 3 aromatic carbocycles. The average molecular weight is 495 g/mol. The van der Waals surface area contributed by atoms with Crippen LogP contribution in [0.25, 0.3) is 5.57 Å². The first-order chi connectivity index (χ1) is 15.0. The number of thioether (sulfide) groups is 1. The zero-order valence-corrected chi connectivity index (χ0v) is 19.6. The Hall–Kier alpha value is -2.50. The summed E-state index contributed by atoms with van der Waals surface area (Å²) in [6, 6.07) is 21.1. The number of hydrogen-bond acceptors (Lipinski definition) is 3. The number of aryl methyl sites for hydroxylation is 3. The van der Waals surface area contributed by atoms with Crippen LogP contribution in [0, 0.1) is 6.92 Å². The highest BCUT2D eigenvalue weighted by Crippen LogP contribution is 2.35. The molecular weight excluding hydrogens is 472 g/mol. The van der Waals surface area contributed by atoms with E-state index < -0.39 is 5.97 Å². The van der Waals surface area contributed by atoms with Crippen molar-refractivity contribution >= 4 is 39.2 Å². The van der Waals surface area contributed by atoms with Crippen LogP contribution in [-0.4, -0.2) is 23.4 Å². The molecule has 3 aromatic rings. The molecule has 0 aliphatic heterocycles. The van der Waals surface area contributed by atoms with E-state index in [1.54, 1.807) is 11.8 Å². The number of carboxylic acid groups (broad SMARTS) is 1. The highest BCUT2D eigenvalue weighted by atomic mass is 79.9. The van der Waals surface area contributed by atoms with E-state index in [-0.39, 0.29) is 6.61 Å². The third-order valence-electron chi connectivity index (χ3n) is 5.36. The maximum absolute atomic E-state index is 10.7. The summed E-state index contributed by atoms with van der Waals surface area (Å²) in [6.07, 6.45) is 4.40. The SMILES string of the molecule is Cc1cc(SCC=C2c3ccccc3CCc3cc(Br)ccc32)ccc1OCC(=O)O. The molecule has 1 N–H and O–H groups in total. The van der Waals surface area contributed by atoms with Gasteiger partial charge in [0.15, 0.2) is 6.61 Å². The molecule has 0 radical (unpaired) electrons. The Kier molecular flexibility index (Phi) is 6.83. The second-order valence-corrected chi connectivity index (χ2v) is 9.51. The number of carboxylic acids is 1. The maximum atomic E-state index is 10.7. The zero-order valence-electron chi connectivity index (χ0n) is 17.2. The molecule has 0 saturated carbocycles. The minimum atomic E-state index is -0.972. The summed E-state index contributed by atoms with van der Waals surface area (Å²) in [7, 11) is 0. The van der Waals surface area contributed by atoms with Gasteiger partial charge in [-0.05, 0) is 83.5 Å². The Bertz CT molecular complexity index is 1150. The van der Waals surface area contributed by atoms with Crippen molar-refractivity contribution in [3.63, 3.8) is 0 Å². The first kappa shape index (κ1) is 21.7. The van der Waals surface area contributed by atoms with Gasteiger partial charge in [-0.3, -0.25) is 0 Å². The van der Waals surface area contributed by atoms with Crippen LogP contribution < -0.4 is 4.74 Å². The zero-order chi connectivity index (χ0) is 21.8. The van der Waals surface area contributed by atoms with Crippen molar-refractivity contribution in [3.05, 3.63) is 99.0 Å². The molecule has 0 aromatic heterocycles. The van der Waals surface area contributed by atoms with Crippen LogP contribution in [0.5, 0.6) is 5.75 Å². The Morgan fingerprint density at radius 3 is 2.65 bits per heavy atom. The summed E-state index contributed by atoms with van der Waals surface area (Å²) in [5.74, 6) is 0.483. The third-order valence-corrected chi connectivity index (χ3v) is 6.78. The van der Waals surface area contributed by atoms with E-state index in [1.807, 2.05) is 25.1 Å². The number of carbonyl (C=O) groups is 1. The van der Waals surface area contributed by atoms with E-state index in [0.717, 1.165) is 33.5 Å². The van der Waals surface area contributed by atoms with Gasteiger partial charge in [0.1, 0.15) is 5.75 Å². The average Bonchev–Trinajstić information content (AvgIpc) is 2.90. The molecule has 31 heavy (non-hydrogen) atoms. The third kappa shape index (κ3) is 5.23. The van der Waals surface area contributed by atoms with E-state index in [9.17, 15) is 4.79 Å². The molecule has 0 unspecified atom stereocenters. The molecular formula is C26H23BrO3S. The fourth-order valence-corrected chi connectivity index (χ4v) is 5.18. The number of benzene rings is 3. The summed E-state index contributed by atoms with van der Waals surface area (Å²) in [5, 5.41) is 8.80. The van der Waals surface area contributed by atoms with Crippen molar-refractivity contribution < 1.29 is 14.6 Å². The number of hydrogen-bond donors (Lipinski definition) is 1. The van der Waals surface area contributed by atoms with Crippen LogP contribution >= 0.6 is 27.7 Å². The molecule has 1 aliphatic rings. The van der Waals surface area contributed by atoms with Crippen LogP contribution in [0.3, 0.4) is 0 Å². The smallest absolute Gasteiger partial charge is 0.341 e. The van der Waals surface area contributed by atoms with Gasteiger partial charge in [-0.1, -0.05) is 52.3 Å². The minimum absolute atomic E-state index is 0.325. The number of ether oxygens (including phenoxy) is 1. The lowest BCUT2D eigenvalue weighted by molar-refractivity contribution is -0.139. The molecule has 0 spiro atoms. The van der Waals surface area contributed by atoms with Gasteiger partial charge < -0.3 is 9.84 Å². The van der Waals surface area contributed by atoms with Gasteiger partial charge in [-0.2, -0.15) is 0 Å². The molecule has 0 saturated heterocycles. The standard InChI is InChI=1S/C26H23BrO3S/c1-17-14-21(9-11-25(17)30-16-26(28)29)31-13-12-24-22-5-3-2-4-18(22)6-7-19-15-20(27)8-10-23(19)24/h2-5,8-12,14-15H,6-7,13,16H2,1H3,(H,28,29). The predicted molar refractivity (Wildman–Crippen MR) is 130 cm³/mol. The molecule has 0 fully saturated rings. The first-order valence-corrected chi connectivity index (χ1v) is 11.9. The number of fused-ring (bicyclic) bond motifs is 2. The van der Waals surface area contributed by atoms with Crippen molar-refractivity contribution in [3.8, 4) is 5.75 Å². The molecule has 0 atom stereocenters. The van der Waals surface area contributed by atoms with Crippen LogP contribution in [0.1, 0.15) is 27.8 Å². The molecule has 158 valence electrons. The lowest BCUT2D eigenvalue weighted by atomic mass is 9.94. The topological polar surface area (TPSA) is 46.5 Å². The quantitative estimate of drug-likeness (QED) is 0.395. The monoisotopic (exact) mass is 494 g/mol. The van der Waals surface area contributed by atoms with Crippen LogP contribution in [-0.2, 0) is 17.6 Å². The largest absolute Gasteiger partial charge is 0.482 e. The Balaban J connectivity index is 1.58. The van der Waals surface area contributed by atoms with E-state index in [1.165, 1.54) is 27.8 Å². The Morgan fingerprint density at radius 2 is 1.84 bits per heavy atom. The Labute approximate surface area is 195 Å². The van der Waals surface area contributed by atoms with E-state index in [0.29, 0.717) is 5.75 Å². The fourth-order valence-electron chi connectivity index (χ4n) is 3.90. The van der Waals surface area contributed by atoms with Crippen molar-refractivity contribution in [2.24, 2.45) is 0 Å². The summed E-state index contributed by atoms with van der Waals surface area (Å²) in [4.78, 5) is 11.9. The summed E-state index contributed by atoms with van der Waals surface area (Å²) >= 11 is 5.38. The Morgan fingerprint density at radius 1 is 1.06 bits per heavy atom. The molecule has 0 heterocycles. The molecule has 0 bridgehead atoms. The molecule has 4 rings (SSSR count). The second-order valence-electron chi connectivity index (χ2n) is 7.50. The minimum Gasteiger partial charge on any atom is -0.482 e. The van der Waals surface area contributed by atoms with Gasteiger partial charge in [0, 0.05) is 15.1 Å². The van der Waals surface area contributed by atoms with Crippen LogP contribution in [0.15, 0.2) is 76.1 Å². The summed E-state index contributed by atoms with van der Waals surface area (Å²) in [6.45, 7) is 1.61. The molecule has 0 amide bonds. The number of aliphatic carboxylic acids is 1. The number of halogens is 1.